The summed E-state index contributed by atoms with van der Waals surface area (Å²) >= 11 is 1.44. The SMILES string of the molecule is CC(C)=CCC1(CO)CCCN(c2nc(C(N)=O)cs2)C1. The van der Waals surface area contributed by atoms with Crippen LogP contribution < -0.4 is 10.6 Å². The minimum absolute atomic E-state index is 0.117. The van der Waals surface area contributed by atoms with E-state index in [-0.39, 0.29) is 12.0 Å². The van der Waals surface area contributed by atoms with E-state index >= 15 is 0 Å². The highest BCUT2D eigenvalue weighted by Gasteiger charge is 2.35. The van der Waals surface area contributed by atoms with Crippen LogP contribution in [0.25, 0.3) is 0 Å². The van der Waals surface area contributed by atoms with Crippen molar-refractivity contribution in [2.45, 2.75) is 33.1 Å². The van der Waals surface area contributed by atoms with Gasteiger partial charge in [-0.3, -0.25) is 4.79 Å². The van der Waals surface area contributed by atoms with Gasteiger partial charge in [-0.15, -0.1) is 11.3 Å². The van der Waals surface area contributed by atoms with Crippen molar-refractivity contribution in [3.8, 4) is 0 Å². The Kier molecular flexibility index (Phi) is 5.00. The number of aromatic nitrogens is 1. The standard InChI is InChI=1S/C15H23N3O2S/c1-11(2)4-6-15(10-19)5-3-7-18(9-15)14-17-12(8-21-14)13(16)20/h4,8,19H,3,5-7,9-10H2,1-2H3,(H2,16,20). The largest absolute Gasteiger partial charge is 0.396 e. The van der Waals surface area contributed by atoms with Gasteiger partial charge in [0.1, 0.15) is 5.69 Å². The molecule has 0 aromatic carbocycles. The van der Waals surface area contributed by atoms with Gasteiger partial charge in [0.25, 0.3) is 5.91 Å². The predicted octanol–water partition coefficient (Wildman–Crippen LogP) is 2.18. The molecule has 1 aliphatic rings. The Morgan fingerprint density at radius 3 is 2.95 bits per heavy atom. The van der Waals surface area contributed by atoms with Crippen LogP contribution in [-0.4, -0.2) is 35.7 Å². The number of thiazole rings is 1. The molecule has 6 heteroatoms. The normalized spacial score (nSPS) is 22.1. The summed E-state index contributed by atoms with van der Waals surface area (Å²) in [5, 5.41) is 12.4. The van der Waals surface area contributed by atoms with Crippen LogP contribution in [0.4, 0.5) is 5.13 Å². The first kappa shape index (κ1) is 16.0. The Morgan fingerprint density at radius 1 is 1.62 bits per heavy atom. The second-order valence-corrected chi connectivity index (χ2v) is 6.88. The number of carbonyl (C=O) groups excluding carboxylic acids is 1. The average Bonchev–Trinajstić information content (AvgIpc) is 2.95. The molecule has 1 saturated heterocycles. The number of anilines is 1. The molecular weight excluding hydrogens is 286 g/mol. The maximum Gasteiger partial charge on any atom is 0.268 e. The van der Waals surface area contributed by atoms with Crippen LogP contribution in [0.5, 0.6) is 0 Å². The number of aliphatic hydroxyl groups excluding tert-OH is 1. The average molecular weight is 309 g/mol. The van der Waals surface area contributed by atoms with Gasteiger partial charge in [-0.05, 0) is 33.1 Å². The molecule has 1 fully saturated rings. The summed E-state index contributed by atoms with van der Waals surface area (Å²) in [5.74, 6) is -0.493. The third-order valence-electron chi connectivity index (χ3n) is 3.96. The molecule has 1 atom stereocenters. The number of aliphatic hydroxyl groups is 1. The minimum atomic E-state index is -0.493. The summed E-state index contributed by atoms with van der Waals surface area (Å²) in [7, 11) is 0. The van der Waals surface area contributed by atoms with Crippen LogP contribution in [0.3, 0.4) is 0 Å². The lowest BCUT2D eigenvalue weighted by Gasteiger charge is -2.41. The summed E-state index contributed by atoms with van der Waals surface area (Å²) in [6, 6.07) is 0. The molecule has 0 spiro atoms. The fraction of sp³-hybridized carbons (Fsp3) is 0.600. The van der Waals surface area contributed by atoms with E-state index in [2.05, 4.69) is 29.8 Å². The Bertz CT molecular complexity index is 537. The van der Waals surface area contributed by atoms with Gasteiger partial charge in [0, 0.05) is 23.9 Å². The summed E-state index contributed by atoms with van der Waals surface area (Å²) in [6.45, 7) is 5.99. The second-order valence-electron chi connectivity index (χ2n) is 6.05. The molecule has 116 valence electrons. The van der Waals surface area contributed by atoms with E-state index in [1.807, 2.05) is 0 Å². The van der Waals surface area contributed by atoms with Crippen molar-refractivity contribution in [1.82, 2.24) is 4.98 Å². The molecule has 1 amide bonds. The van der Waals surface area contributed by atoms with E-state index in [1.54, 1.807) is 5.38 Å². The third-order valence-corrected chi connectivity index (χ3v) is 4.86. The van der Waals surface area contributed by atoms with Gasteiger partial charge in [-0.25, -0.2) is 4.98 Å². The number of primary amides is 1. The van der Waals surface area contributed by atoms with E-state index in [1.165, 1.54) is 16.9 Å². The predicted molar refractivity (Wildman–Crippen MR) is 85.6 cm³/mol. The van der Waals surface area contributed by atoms with Crippen molar-refractivity contribution in [2.75, 3.05) is 24.6 Å². The van der Waals surface area contributed by atoms with Crippen LogP contribution >= 0.6 is 11.3 Å². The molecule has 21 heavy (non-hydrogen) atoms. The number of piperidine rings is 1. The van der Waals surface area contributed by atoms with E-state index in [4.69, 9.17) is 5.73 Å². The van der Waals surface area contributed by atoms with Crippen molar-refractivity contribution in [3.63, 3.8) is 0 Å². The smallest absolute Gasteiger partial charge is 0.268 e. The molecule has 1 unspecified atom stereocenters. The highest BCUT2D eigenvalue weighted by atomic mass is 32.1. The maximum absolute atomic E-state index is 11.2. The molecule has 0 aliphatic carbocycles. The summed E-state index contributed by atoms with van der Waals surface area (Å²) in [6.07, 6.45) is 5.09. The first-order chi connectivity index (χ1) is 9.96. The number of nitrogens with zero attached hydrogens (tertiary/aromatic N) is 2. The Labute approximate surface area is 129 Å². The van der Waals surface area contributed by atoms with Crippen LogP contribution in [0.1, 0.15) is 43.6 Å². The topological polar surface area (TPSA) is 79.4 Å². The fourth-order valence-electron chi connectivity index (χ4n) is 2.67. The van der Waals surface area contributed by atoms with E-state index in [0.717, 1.165) is 37.5 Å². The lowest BCUT2D eigenvalue weighted by atomic mass is 9.77. The molecule has 0 bridgehead atoms. The van der Waals surface area contributed by atoms with E-state index < -0.39 is 5.91 Å². The molecule has 3 N–H and O–H groups in total. The van der Waals surface area contributed by atoms with Crippen LogP contribution in [0.15, 0.2) is 17.0 Å². The zero-order valence-corrected chi connectivity index (χ0v) is 13.4. The molecule has 1 aromatic heterocycles. The van der Waals surface area contributed by atoms with Gasteiger partial charge in [-0.2, -0.15) is 0 Å². The van der Waals surface area contributed by atoms with Gasteiger partial charge < -0.3 is 15.7 Å². The summed E-state index contributed by atoms with van der Waals surface area (Å²) in [4.78, 5) is 17.6. The van der Waals surface area contributed by atoms with E-state index in [0.29, 0.717) is 5.69 Å². The highest BCUT2D eigenvalue weighted by molar-refractivity contribution is 7.13. The monoisotopic (exact) mass is 309 g/mol. The van der Waals surface area contributed by atoms with Crippen LogP contribution in [0.2, 0.25) is 0 Å². The molecular formula is C15H23N3O2S. The molecule has 0 radical (unpaired) electrons. The number of amides is 1. The van der Waals surface area contributed by atoms with Crippen molar-refractivity contribution >= 4 is 22.4 Å². The summed E-state index contributed by atoms with van der Waals surface area (Å²) < 4.78 is 0. The molecule has 2 rings (SSSR count). The van der Waals surface area contributed by atoms with Crippen LogP contribution in [-0.2, 0) is 0 Å². The zero-order valence-electron chi connectivity index (χ0n) is 12.6. The maximum atomic E-state index is 11.2. The molecule has 1 aliphatic heterocycles. The van der Waals surface area contributed by atoms with Gasteiger partial charge >= 0.3 is 0 Å². The number of hydrogen-bond acceptors (Lipinski definition) is 5. The summed E-state index contributed by atoms with van der Waals surface area (Å²) in [5.41, 5.74) is 6.73. The zero-order chi connectivity index (χ0) is 15.5. The third kappa shape index (κ3) is 3.83. The lowest BCUT2D eigenvalue weighted by Crippen LogP contribution is -2.45. The Morgan fingerprint density at radius 2 is 2.38 bits per heavy atom. The molecule has 0 saturated carbocycles. The molecule has 1 aromatic rings. The van der Waals surface area contributed by atoms with Gasteiger partial charge in [0.15, 0.2) is 5.13 Å². The quantitative estimate of drug-likeness (QED) is 0.817. The highest BCUT2D eigenvalue weighted by Crippen LogP contribution is 2.36. The number of carbonyl (C=O) groups is 1. The first-order valence-corrected chi connectivity index (χ1v) is 8.08. The van der Waals surface area contributed by atoms with Crippen molar-refractivity contribution in [3.05, 3.63) is 22.7 Å². The minimum Gasteiger partial charge on any atom is -0.396 e. The van der Waals surface area contributed by atoms with E-state index in [9.17, 15) is 9.90 Å². The van der Waals surface area contributed by atoms with Gasteiger partial charge in [0.2, 0.25) is 0 Å². The fourth-order valence-corrected chi connectivity index (χ4v) is 3.52. The van der Waals surface area contributed by atoms with Gasteiger partial charge in [-0.1, -0.05) is 11.6 Å². The Hall–Kier alpha value is -1.40. The number of allylic oxidation sites excluding steroid dienone is 2. The number of hydrogen-bond donors (Lipinski definition) is 2. The van der Waals surface area contributed by atoms with Crippen molar-refractivity contribution in [1.29, 1.82) is 0 Å². The second kappa shape index (κ2) is 6.58. The lowest BCUT2D eigenvalue weighted by molar-refractivity contribution is 0.0995. The number of nitrogens with two attached hydrogens (primary N) is 1. The first-order valence-electron chi connectivity index (χ1n) is 7.20. The molecule has 5 nitrogen and oxygen atoms in total. The van der Waals surface area contributed by atoms with Crippen molar-refractivity contribution in [2.24, 2.45) is 11.1 Å². The Balaban J connectivity index is 2.14. The number of rotatable bonds is 5. The van der Waals surface area contributed by atoms with Crippen molar-refractivity contribution < 1.29 is 9.90 Å². The van der Waals surface area contributed by atoms with Gasteiger partial charge in [0.05, 0.1) is 6.61 Å². The van der Waals surface area contributed by atoms with Crippen LogP contribution in [0, 0.1) is 5.41 Å². The molecule has 2 heterocycles.